The van der Waals surface area contributed by atoms with Gasteiger partial charge in [0.2, 0.25) is 5.91 Å². The Labute approximate surface area is 189 Å². The number of amides is 1. The van der Waals surface area contributed by atoms with Crippen LogP contribution in [0.3, 0.4) is 0 Å². The Bertz CT molecular complexity index is 1030. The number of ether oxygens (including phenoxy) is 2. The summed E-state index contributed by atoms with van der Waals surface area (Å²) in [5.74, 6) is -4.00. The Hall–Kier alpha value is -3.92. The molecule has 2 aromatic rings. The minimum absolute atomic E-state index is 0.0718. The van der Waals surface area contributed by atoms with E-state index in [1.807, 2.05) is 0 Å². The Morgan fingerprint density at radius 3 is 2.21 bits per heavy atom. The number of carbonyl (C=O) groups is 4. The average Bonchev–Trinajstić information content (AvgIpc) is 2.77. The third kappa shape index (κ3) is 7.04. The van der Waals surface area contributed by atoms with E-state index in [0.29, 0.717) is 0 Å². The van der Waals surface area contributed by atoms with Crippen LogP contribution in [0.25, 0.3) is 0 Å². The predicted octanol–water partition coefficient (Wildman–Crippen LogP) is 1.75. The van der Waals surface area contributed by atoms with Gasteiger partial charge in [-0.1, -0.05) is 38.1 Å². The van der Waals surface area contributed by atoms with Crippen LogP contribution in [0.1, 0.15) is 41.0 Å². The van der Waals surface area contributed by atoms with E-state index in [4.69, 9.17) is 14.6 Å². The van der Waals surface area contributed by atoms with Crippen LogP contribution < -0.4 is 10.1 Å². The van der Waals surface area contributed by atoms with E-state index in [0.717, 1.165) is 0 Å². The second kappa shape index (κ2) is 11.1. The first-order valence-corrected chi connectivity index (χ1v) is 9.97. The van der Waals surface area contributed by atoms with Gasteiger partial charge in [-0.25, -0.2) is 9.59 Å². The lowest BCUT2D eigenvalue weighted by Gasteiger charge is -2.29. The highest BCUT2D eigenvalue weighted by atomic mass is 16.5. The first-order chi connectivity index (χ1) is 15.5. The van der Waals surface area contributed by atoms with Crippen molar-refractivity contribution in [3.63, 3.8) is 0 Å². The van der Waals surface area contributed by atoms with Crippen LogP contribution in [-0.2, 0) is 14.3 Å². The van der Waals surface area contributed by atoms with Crippen molar-refractivity contribution in [3.8, 4) is 11.5 Å². The fourth-order valence-corrected chi connectivity index (χ4v) is 2.68. The molecule has 10 nitrogen and oxygen atoms in total. The van der Waals surface area contributed by atoms with Crippen LogP contribution in [0, 0.1) is 5.41 Å². The van der Waals surface area contributed by atoms with Gasteiger partial charge in [-0.05, 0) is 24.3 Å². The van der Waals surface area contributed by atoms with Gasteiger partial charge >= 0.3 is 17.9 Å². The Morgan fingerprint density at radius 2 is 1.58 bits per heavy atom. The first kappa shape index (κ1) is 25.3. The van der Waals surface area contributed by atoms with Gasteiger partial charge in [0.05, 0.1) is 13.0 Å². The lowest BCUT2D eigenvalue weighted by atomic mass is 9.87. The lowest BCUT2D eigenvalue weighted by molar-refractivity contribution is -0.138. The summed E-state index contributed by atoms with van der Waals surface area (Å²) >= 11 is 0. The number of phenolic OH excluding ortho intramolecular Hbond substituents is 1. The molecule has 1 unspecified atom stereocenters. The molecule has 0 saturated carbocycles. The number of para-hydroxylation sites is 2. The number of aromatic hydroxyl groups is 1. The van der Waals surface area contributed by atoms with Gasteiger partial charge in [0.25, 0.3) is 0 Å². The maximum absolute atomic E-state index is 12.6. The molecule has 0 spiro atoms. The van der Waals surface area contributed by atoms with Crippen molar-refractivity contribution in [2.45, 2.75) is 26.4 Å². The number of carboxylic acid groups (broad SMARTS) is 1. The van der Waals surface area contributed by atoms with Crippen molar-refractivity contribution in [2.75, 3.05) is 13.2 Å². The molecule has 0 aromatic heterocycles. The summed E-state index contributed by atoms with van der Waals surface area (Å²) in [6, 6.07) is 11.6. The van der Waals surface area contributed by atoms with Gasteiger partial charge in [0, 0.05) is 12.0 Å². The van der Waals surface area contributed by atoms with Gasteiger partial charge in [0.1, 0.15) is 28.7 Å². The average molecular weight is 459 g/mol. The molecule has 1 atom stereocenters. The molecule has 176 valence electrons. The van der Waals surface area contributed by atoms with Crippen LogP contribution in [0.5, 0.6) is 11.5 Å². The van der Waals surface area contributed by atoms with E-state index < -0.39 is 35.3 Å². The largest absolute Gasteiger partial charge is 0.507 e. The number of aliphatic carboxylic acids is 1. The molecule has 33 heavy (non-hydrogen) atoms. The molecule has 1 amide bonds. The smallest absolute Gasteiger partial charge is 0.347 e. The number of rotatable bonds is 10. The van der Waals surface area contributed by atoms with E-state index >= 15 is 0 Å². The summed E-state index contributed by atoms with van der Waals surface area (Å²) in [5.41, 5.74) is -1.36. The van der Waals surface area contributed by atoms with Crippen molar-refractivity contribution in [1.29, 1.82) is 0 Å². The molecule has 0 saturated heterocycles. The van der Waals surface area contributed by atoms with E-state index in [-0.39, 0.29) is 42.2 Å². The Kier molecular flexibility index (Phi) is 8.52. The van der Waals surface area contributed by atoms with Crippen LogP contribution >= 0.6 is 0 Å². The third-order valence-corrected chi connectivity index (χ3v) is 4.64. The molecule has 0 aliphatic heterocycles. The third-order valence-electron chi connectivity index (χ3n) is 4.64. The number of esters is 2. The van der Waals surface area contributed by atoms with Crippen molar-refractivity contribution in [1.82, 2.24) is 5.32 Å². The van der Waals surface area contributed by atoms with Crippen molar-refractivity contribution >= 4 is 23.8 Å². The normalized spacial score (nSPS) is 11.8. The number of aliphatic hydroxyl groups is 1. The van der Waals surface area contributed by atoms with Crippen LogP contribution in [0.4, 0.5) is 0 Å². The van der Waals surface area contributed by atoms with Gasteiger partial charge in [-0.3, -0.25) is 9.59 Å². The number of hydrogen-bond donors (Lipinski definition) is 4. The summed E-state index contributed by atoms with van der Waals surface area (Å²) in [4.78, 5) is 47.6. The predicted molar refractivity (Wildman–Crippen MR) is 115 cm³/mol. The number of benzene rings is 2. The Morgan fingerprint density at radius 1 is 0.970 bits per heavy atom. The zero-order chi connectivity index (χ0) is 24.6. The summed E-state index contributed by atoms with van der Waals surface area (Å²) in [6.07, 6.45) is -1.88. The first-order valence-electron chi connectivity index (χ1n) is 9.97. The quantitative estimate of drug-likeness (QED) is 0.306. The van der Waals surface area contributed by atoms with Gasteiger partial charge in [-0.2, -0.15) is 0 Å². The van der Waals surface area contributed by atoms with Crippen molar-refractivity contribution in [2.24, 2.45) is 5.41 Å². The minimum atomic E-state index is -1.58. The van der Waals surface area contributed by atoms with Gasteiger partial charge in [-0.15, -0.1) is 0 Å². The van der Waals surface area contributed by atoms with E-state index in [2.05, 4.69) is 5.32 Å². The zero-order valence-corrected chi connectivity index (χ0v) is 18.1. The number of hydrogen-bond acceptors (Lipinski definition) is 8. The molecule has 0 aliphatic carbocycles. The lowest BCUT2D eigenvalue weighted by Crippen LogP contribution is -2.46. The molecule has 0 bridgehead atoms. The highest BCUT2D eigenvalue weighted by Crippen LogP contribution is 2.26. The highest BCUT2D eigenvalue weighted by molar-refractivity contribution is 5.97. The number of aliphatic hydroxyl groups excluding tert-OH is 1. The second-order valence-corrected chi connectivity index (χ2v) is 7.80. The topological polar surface area (TPSA) is 159 Å². The zero-order valence-electron chi connectivity index (χ0n) is 18.1. The summed E-state index contributed by atoms with van der Waals surface area (Å²) < 4.78 is 10.5. The number of nitrogens with one attached hydrogen (secondary N) is 1. The second-order valence-electron chi connectivity index (χ2n) is 7.80. The molecular formula is C23H25NO9. The molecule has 10 heteroatoms. The van der Waals surface area contributed by atoms with Gasteiger partial charge < -0.3 is 30.1 Å². The Balaban J connectivity index is 2.04. The maximum atomic E-state index is 12.6. The molecule has 4 N–H and O–H groups in total. The standard InChI is InChI=1S/C23H25NO9/c1-23(2,19(28)20(29)24-12-11-18(26)27)13-32-21(30)15-8-4-6-10-17(15)33-22(31)14-7-3-5-9-16(14)25/h3-10,19,25,28H,11-13H2,1-2H3,(H,24,29)(H,26,27). The minimum Gasteiger partial charge on any atom is -0.507 e. The van der Waals surface area contributed by atoms with Crippen molar-refractivity contribution in [3.05, 3.63) is 59.7 Å². The van der Waals surface area contributed by atoms with Crippen LogP contribution in [0.2, 0.25) is 0 Å². The van der Waals surface area contributed by atoms with Crippen molar-refractivity contribution < 1.29 is 44.0 Å². The summed E-state index contributed by atoms with van der Waals surface area (Å²) in [5, 5.41) is 31.0. The SMILES string of the molecule is CC(C)(COC(=O)c1ccccc1OC(=O)c1ccccc1O)C(O)C(=O)NCCC(=O)O. The van der Waals surface area contributed by atoms with Gasteiger partial charge in [0.15, 0.2) is 0 Å². The van der Waals surface area contributed by atoms with E-state index in [1.165, 1.54) is 44.2 Å². The molecule has 2 rings (SSSR count). The number of carbonyl (C=O) groups excluding carboxylic acids is 3. The highest BCUT2D eigenvalue weighted by Gasteiger charge is 2.35. The van der Waals surface area contributed by atoms with E-state index in [9.17, 15) is 29.4 Å². The number of phenols is 1. The molecule has 0 aliphatic rings. The fourth-order valence-electron chi connectivity index (χ4n) is 2.68. The maximum Gasteiger partial charge on any atom is 0.347 e. The molecule has 0 heterocycles. The molecular weight excluding hydrogens is 434 g/mol. The monoisotopic (exact) mass is 459 g/mol. The van der Waals surface area contributed by atoms with E-state index in [1.54, 1.807) is 18.2 Å². The molecule has 2 aromatic carbocycles. The summed E-state index contributed by atoms with van der Waals surface area (Å²) in [6.45, 7) is 2.47. The summed E-state index contributed by atoms with van der Waals surface area (Å²) in [7, 11) is 0. The molecule has 0 radical (unpaired) electrons. The molecule has 0 fully saturated rings. The van der Waals surface area contributed by atoms with Crippen LogP contribution in [-0.4, -0.2) is 58.4 Å². The van der Waals surface area contributed by atoms with Crippen LogP contribution in [0.15, 0.2) is 48.5 Å². The fraction of sp³-hybridized carbons (Fsp3) is 0.304. The number of carboxylic acids is 1.